The van der Waals surface area contributed by atoms with Gasteiger partial charge in [-0.25, -0.2) is 0 Å². The molecule has 1 N–H and O–H groups in total. The summed E-state index contributed by atoms with van der Waals surface area (Å²) in [6.07, 6.45) is 8.81. The number of hydrogen-bond acceptors (Lipinski definition) is 5. The van der Waals surface area contributed by atoms with Gasteiger partial charge in [0.25, 0.3) is 0 Å². The molecule has 5 nitrogen and oxygen atoms in total. The number of carbonyl (C=O) groups excluding carboxylic acids is 2. The second kappa shape index (κ2) is 10.4. The molecule has 4 aliphatic carbocycles. The number of rotatable bonds is 8. The summed E-state index contributed by atoms with van der Waals surface area (Å²) in [5.41, 5.74) is 0.00212. The number of Topliss-reactive ketones (excluding diaryl/α,β-unsaturated/α-hetero) is 1. The Balaban J connectivity index is 1.65. The Morgan fingerprint density at radius 3 is 2.31 bits per heavy atom. The zero-order valence-corrected chi connectivity index (χ0v) is 23.2. The predicted molar refractivity (Wildman–Crippen MR) is 139 cm³/mol. The first-order valence-electron chi connectivity index (χ1n) is 14.6. The smallest absolute Gasteiger partial charge is 0.320 e. The molecule has 0 aliphatic heterocycles. The molecular weight excluding hydrogens is 438 g/mol. The van der Waals surface area contributed by atoms with E-state index in [4.69, 9.17) is 4.74 Å². The van der Waals surface area contributed by atoms with E-state index in [9.17, 15) is 14.7 Å². The fourth-order valence-electron chi connectivity index (χ4n) is 9.75. The largest absolute Gasteiger partial charge is 0.461 e. The van der Waals surface area contributed by atoms with Crippen molar-refractivity contribution >= 4 is 11.8 Å². The molecule has 0 aromatic carbocycles. The van der Waals surface area contributed by atoms with Crippen LogP contribution in [0.1, 0.15) is 99.3 Å². The zero-order chi connectivity index (χ0) is 25.5. The minimum atomic E-state index is -0.218. The van der Waals surface area contributed by atoms with Crippen molar-refractivity contribution in [2.75, 3.05) is 19.6 Å². The fraction of sp³-hybridized carbons (Fsp3) is 0.933. The SMILES string of the molecule is CCCN(CCC)CC(=O)OC1C[C@]2(C)[C@@H](C(C)=O)CC[C@H]2[C@@H]2CCC3CC(O)C(C)C[C@]3(C)[C@@H]12. The number of ketones is 1. The standard InChI is InChI=1S/C30H51NO4/c1-7-13-31(14-8-2)18-27(34)35-26-17-30(6)23(20(4)32)11-12-24(30)22-10-9-21-15-25(33)19(3)16-29(21,5)28(22)26/h19,21-26,28,33H,7-18H2,1-6H3/t19?,21?,22-,23+,24-,25?,26?,28+,29-,30+/m0/s1. The summed E-state index contributed by atoms with van der Waals surface area (Å²) in [4.78, 5) is 28.3. The van der Waals surface area contributed by atoms with E-state index in [1.54, 1.807) is 6.92 Å². The first kappa shape index (κ1) is 27.1. The molecule has 4 fully saturated rings. The third-order valence-electron chi connectivity index (χ3n) is 11.1. The molecule has 0 aromatic heterocycles. The van der Waals surface area contributed by atoms with Crippen molar-refractivity contribution in [2.45, 2.75) is 112 Å². The lowest BCUT2D eigenvalue weighted by atomic mass is 9.43. The molecule has 35 heavy (non-hydrogen) atoms. The topological polar surface area (TPSA) is 66.8 Å². The quantitative estimate of drug-likeness (QED) is 0.457. The normalized spacial score (nSPS) is 44.9. The second-order valence-electron chi connectivity index (χ2n) is 13.3. The average Bonchev–Trinajstić information content (AvgIpc) is 3.12. The molecule has 0 aromatic rings. The van der Waals surface area contributed by atoms with E-state index < -0.39 is 0 Å². The van der Waals surface area contributed by atoms with E-state index in [-0.39, 0.29) is 40.8 Å². The number of aliphatic hydroxyl groups is 1. The third-order valence-corrected chi connectivity index (χ3v) is 11.1. The van der Waals surface area contributed by atoms with Crippen molar-refractivity contribution in [3.8, 4) is 0 Å². The molecule has 0 heterocycles. The van der Waals surface area contributed by atoms with Crippen LogP contribution in [0.3, 0.4) is 0 Å². The van der Waals surface area contributed by atoms with E-state index in [2.05, 4.69) is 39.5 Å². The van der Waals surface area contributed by atoms with Crippen molar-refractivity contribution in [2.24, 2.45) is 46.3 Å². The van der Waals surface area contributed by atoms with Gasteiger partial charge in [-0.3, -0.25) is 14.5 Å². The number of fused-ring (bicyclic) bond motifs is 5. The number of nitrogens with zero attached hydrogens (tertiary/aromatic N) is 1. The first-order valence-corrected chi connectivity index (χ1v) is 14.6. The minimum Gasteiger partial charge on any atom is -0.461 e. The maximum atomic E-state index is 13.4. The van der Waals surface area contributed by atoms with Crippen molar-refractivity contribution in [3.05, 3.63) is 0 Å². The third kappa shape index (κ3) is 4.85. The van der Waals surface area contributed by atoms with Gasteiger partial charge in [-0.15, -0.1) is 0 Å². The van der Waals surface area contributed by atoms with Gasteiger partial charge >= 0.3 is 5.97 Å². The molecule has 200 valence electrons. The van der Waals surface area contributed by atoms with E-state index in [1.807, 2.05) is 0 Å². The molecule has 10 atom stereocenters. The van der Waals surface area contributed by atoms with Gasteiger partial charge in [-0.2, -0.15) is 0 Å². The lowest BCUT2D eigenvalue weighted by Gasteiger charge is -2.63. The molecule has 5 heteroatoms. The lowest BCUT2D eigenvalue weighted by Crippen LogP contribution is -2.61. The molecule has 0 amide bonds. The highest BCUT2D eigenvalue weighted by molar-refractivity contribution is 5.79. The van der Waals surface area contributed by atoms with Crippen LogP contribution in [0.15, 0.2) is 0 Å². The van der Waals surface area contributed by atoms with Crippen LogP contribution in [-0.2, 0) is 14.3 Å². The maximum absolute atomic E-state index is 13.4. The Bertz CT molecular complexity index is 778. The number of ether oxygens (including phenoxy) is 1. The fourth-order valence-corrected chi connectivity index (χ4v) is 9.75. The monoisotopic (exact) mass is 489 g/mol. The van der Waals surface area contributed by atoms with Crippen LogP contribution >= 0.6 is 0 Å². The van der Waals surface area contributed by atoms with Gasteiger partial charge in [0.1, 0.15) is 11.9 Å². The van der Waals surface area contributed by atoms with Crippen LogP contribution in [0.4, 0.5) is 0 Å². The summed E-state index contributed by atoms with van der Waals surface area (Å²) in [7, 11) is 0. The summed E-state index contributed by atoms with van der Waals surface area (Å²) in [5.74, 6) is 2.43. The van der Waals surface area contributed by atoms with Crippen LogP contribution in [0.5, 0.6) is 0 Å². The van der Waals surface area contributed by atoms with Gasteiger partial charge in [0.15, 0.2) is 0 Å². The van der Waals surface area contributed by atoms with Crippen LogP contribution < -0.4 is 0 Å². The second-order valence-corrected chi connectivity index (χ2v) is 13.3. The Labute approximate surface area is 213 Å². The van der Waals surface area contributed by atoms with Crippen molar-refractivity contribution in [1.82, 2.24) is 4.90 Å². The Morgan fingerprint density at radius 1 is 1.00 bits per heavy atom. The number of esters is 1. The number of hydrogen-bond donors (Lipinski definition) is 1. The highest BCUT2D eigenvalue weighted by Gasteiger charge is 2.65. The first-order chi connectivity index (χ1) is 16.5. The summed E-state index contributed by atoms with van der Waals surface area (Å²) >= 11 is 0. The van der Waals surface area contributed by atoms with Crippen LogP contribution in [0, 0.1) is 46.3 Å². The summed E-state index contributed by atoms with van der Waals surface area (Å²) < 4.78 is 6.51. The summed E-state index contributed by atoms with van der Waals surface area (Å²) in [5, 5.41) is 10.7. The highest BCUT2D eigenvalue weighted by atomic mass is 16.5. The Kier molecular flexibility index (Phi) is 8.08. The van der Waals surface area contributed by atoms with Gasteiger partial charge in [-0.1, -0.05) is 34.6 Å². The van der Waals surface area contributed by atoms with Gasteiger partial charge in [0.05, 0.1) is 12.6 Å². The number of carbonyl (C=O) groups is 2. The van der Waals surface area contributed by atoms with Crippen molar-refractivity contribution < 1.29 is 19.4 Å². The highest BCUT2D eigenvalue weighted by Crippen LogP contribution is 2.68. The Morgan fingerprint density at radius 2 is 1.69 bits per heavy atom. The van der Waals surface area contributed by atoms with Crippen molar-refractivity contribution in [1.29, 1.82) is 0 Å². The van der Waals surface area contributed by atoms with Gasteiger partial charge in [0, 0.05) is 11.8 Å². The van der Waals surface area contributed by atoms with Crippen LogP contribution in [-0.4, -0.2) is 53.6 Å². The number of aliphatic hydroxyl groups excluding tert-OH is 1. The van der Waals surface area contributed by atoms with Gasteiger partial charge < -0.3 is 9.84 Å². The molecule has 0 saturated heterocycles. The van der Waals surface area contributed by atoms with E-state index >= 15 is 0 Å². The molecule has 4 aliphatic rings. The predicted octanol–water partition coefficient (Wildman–Crippen LogP) is 5.48. The zero-order valence-electron chi connectivity index (χ0n) is 23.2. The molecule has 0 spiro atoms. The van der Waals surface area contributed by atoms with E-state index in [0.717, 1.165) is 70.9 Å². The average molecular weight is 490 g/mol. The van der Waals surface area contributed by atoms with Crippen LogP contribution in [0.2, 0.25) is 0 Å². The Hall–Kier alpha value is -0.940. The van der Waals surface area contributed by atoms with Gasteiger partial charge in [0.2, 0.25) is 0 Å². The lowest BCUT2D eigenvalue weighted by molar-refractivity contribution is -0.204. The molecule has 0 bridgehead atoms. The molecular formula is C30H51NO4. The van der Waals surface area contributed by atoms with Crippen molar-refractivity contribution in [3.63, 3.8) is 0 Å². The molecule has 4 rings (SSSR count). The van der Waals surface area contributed by atoms with Gasteiger partial charge in [-0.05, 0) is 112 Å². The molecule has 0 radical (unpaired) electrons. The summed E-state index contributed by atoms with van der Waals surface area (Å²) in [6.45, 7) is 15.2. The summed E-state index contributed by atoms with van der Waals surface area (Å²) in [6, 6.07) is 0. The van der Waals surface area contributed by atoms with E-state index in [0.29, 0.717) is 36.0 Å². The van der Waals surface area contributed by atoms with Crippen LogP contribution in [0.25, 0.3) is 0 Å². The minimum absolute atomic E-state index is 0.0759. The molecule has 4 unspecified atom stereocenters. The van der Waals surface area contributed by atoms with E-state index in [1.165, 1.54) is 0 Å². The maximum Gasteiger partial charge on any atom is 0.320 e. The molecule has 4 saturated carbocycles.